The molecule has 0 aromatic heterocycles. The maximum absolute atomic E-state index is 12.7. The smallest absolute Gasteiger partial charge is 0.376 e. The molecular weight excluding hydrogens is 373 g/mol. The number of benzene rings is 2. The number of hydrogen-bond donors (Lipinski definition) is 0. The van der Waals surface area contributed by atoms with Crippen LogP contribution < -0.4 is 0 Å². The van der Waals surface area contributed by atoms with E-state index >= 15 is 0 Å². The van der Waals surface area contributed by atoms with Gasteiger partial charge in [-0.25, -0.2) is 0 Å². The van der Waals surface area contributed by atoms with Gasteiger partial charge in [0.1, 0.15) is 0 Å². The van der Waals surface area contributed by atoms with Gasteiger partial charge in [-0.05, 0) is 51.0 Å². The molecule has 0 atom stereocenters. The summed E-state index contributed by atoms with van der Waals surface area (Å²) in [6.07, 6.45) is -4.58. The summed E-state index contributed by atoms with van der Waals surface area (Å²) in [6.45, 7) is 7.59. The summed E-state index contributed by atoms with van der Waals surface area (Å²) in [7, 11) is 0.403. The quantitative estimate of drug-likeness (QED) is 0.503. The van der Waals surface area contributed by atoms with Crippen LogP contribution in [0.1, 0.15) is 38.8 Å². The molecule has 3 nitrogen and oxygen atoms in total. The third-order valence-electron chi connectivity index (χ3n) is 3.83. The molecule has 0 radical (unpaired) electrons. The predicted octanol–water partition coefficient (Wildman–Crippen LogP) is 4.63. The molecule has 2 aromatic rings. The van der Waals surface area contributed by atoms with Crippen molar-refractivity contribution in [2.75, 3.05) is 0 Å². The first kappa shape index (κ1) is 21.6. The van der Waals surface area contributed by atoms with E-state index in [1.807, 2.05) is 52.0 Å². The van der Waals surface area contributed by atoms with Crippen molar-refractivity contribution in [3.8, 4) is 11.1 Å². The topological polar surface area (TPSA) is 27.7 Å². The number of ether oxygens (including phenoxy) is 2. The summed E-state index contributed by atoms with van der Waals surface area (Å²) in [4.78, 5) is 0. The number of rotatable bonds is 7. The zero-order valence-electron chi connectivity index (χ0n) is 16.1. The molecule has 0 amide bonds. The minimum atomic E-state index is -4.34. The molecule has 2 aromatic carbocycles. The zero-order chi connectivity index (χ0) is 20.2. The van der Waals surface area contributed by atoms with Crippen molar-refractivity contribution in [3.63, 3.8) is 0 Å². The Kier molecular flexibility index (Phi) is 6.86. The second-order valence-electron chi connectivity index (χ2n) is 6.75. The van der Waals surface area contributed by atoms with E-state index in [1.54, 1.807) is 0 Å². The van der Waals surface area contributed by atoms with Crippen molar-refractivity contribution in [1.82, 2.24) is 0 Å². The minimum Gasteiger partial charge on any atom is -0.376 e. The molecule has 0 bridgehead atoms. The molecule has 0 fully saturated rings. The van der Waals surface area contributed by atoms with Crippen LogP contribution in [-0.2, 0) is 26.0 Å². The molecular formula is C20H25F3O3Si. The van der Waals surface area contributed by atoms with Gasteiger partial charge in [0.2, 0.25) is 0 Å². The molecule has 0 saturated carbocycles. The fourth-order valence-electron chi connectivity index (χ4n) is 2.72. The van der Waals surface area contributed by atoms with Crippen molar-refractivity contribution < 1.29 is 27.1 Å². The van der Waals surface area contributed by atoms with E-state index in [9.17, 15) is 13.2 Å². The normalized spacial score (nSPS) is 12.9. The molecule has 0 aliphatic heterocycles. The van der Waals surface area contributed by atoms with Crippen LogP contribution in [0.4, 0.5) is 13.2 Å². The Bertz CT molecular complexity index is 716. The SMILES string of the molecule is CC(C)OC(O[SiH3])(OC(C)C)c1ccc(-c2ccc(C(F)(F)F)cc2)cc1. The van der Waals surface area contributed by atoms with Crippen LogP contribution in [0, 0.1) is 0 Å². The third-order valence-corrected chi connectivity index (χ3v) is 4.37. The van der Waals surface area contributed by atoms with Crippen LogP contribution in [0.5, 0.6) is 0 Å². The van der Waals surface area contributed by atoms with Crippen LogP contribution in [0.25, 0.3) is 11.1 Å². The Morgan fingerprint density at radius 2 is 1.07 bits per heavy atom. The van der Waals surface area contributed by atoms with Gasteiger partial charge in [-0.2, -0.15) is 13.2 Å². The largest absolute Gasteiger partial charge is 0.416 e. The van der Waals surface area contributed by atoms with Crippen LogP contribution in [0.3, 0.4) is 0 Å². The number of alkyl halides is 3. The Morgan fingerprint density at radius 3 is 1.37 bits per heavy atom. The Morgan fingerprint density at radius 1 is 0.704 bits per heavy atom. The highest BCUT2D eigenvalue weighted by molar-refractivity contribution is 5.98. The summed E-state index contributed by atoms with van der Waals surface area (Å²) in [5, 5.41) is 0. The number of hydrogen-bond acceptors (Lipinski definition) is 3. The maximum atomic E-state index is 12.7. The van der Waals surface area contributed by atoms with Crippen molar-refractivity contribution >= 4 is 10.5 Å². The maximum Gasteiger partial charge on any atom is 0.416 e. The zero-order valence-corrected chi connectivity index (χ0v) is 18.1. The molecule has 27 heavy (non-hydrogen) atoms. The summed E-state index contributed by atoms with van der Waals surface area (Å²) < 4.78 is 55.8. The van der Waals surface area contributed by atoms with Gasteiger partial charge >= 0.3 is 12.1 Å². The summed E-state index contributed by atoms with van der Waals surface area (Å²) >= 11 is 0. The van der Waals surface area contributed by atoms with Crippen LogP contribution in [0.15, 0.2) is 48.5 Å². The first-order valence-corrected chi connectivity index (χ1v) is 9.58. The van der Waals surface area contributed by atoms with E-state index in [-0.39, 0.29) is 12.2 Å². The van der Waals surface area contributed by atoms with E-state index in [0.29, 0.717) is 21.6 Å². The monoisotopic (exact) mass is 398 g/mol. The van der Waals surface area contributed by atoms with Gasteiger partial charge < -0.3 is 13.9 Å². The Hall–Kier alpha value is -1.67. The van der Waals surface area contributed by atoms with Gasteiger partial charge in [-0.1, -0.05) is 36.4 Å². The van der Waals surface area contributed by atoms with E-state index in [2.05, 4.69) is 0 Å². The minimum absolute atomic E-state index is 0.118. The molecule has 0 spiro atoms. The molecule has 7 heteroatoms. The van der Waals surface area contributed by atoms with E-state index in [1.165, 1.54) is 12.1 Å². The fraction of sp³-hybridized carbons (Fsp3) is 0.400. The highest BCUT2D eigenvalue weighted by atomic mass is 28.2. The first-order valence-electron chi connectivity index (χ1n) is 8.76. The average molecular weight is 398 g/mol. The highest BCUT2D eigenvalue weighted by Gasteiger charge is 2.36. The lowest BCUT2D eigenvalue weighted by molar-refractivity contribution is -0.378. The van der Waals surface area contributed by atoms with E-state index in [4.69, 9.17) is 13.9 Å². The second kappa shape index (κ2) is 8.56. The lowest BCUT2D eigenvalue weighted by Crippen LogP contribution is -2.40. The van der Waals surface area contributed by atoms with Crippen LogP contribution >= 0.6 is 0 Å². The van der Waals surface area contributed by atoms with E-state index in [0.717, 1.165) is 17.7 Å². The van der Waals surface area contributed by atoms with Gasteiger partial charge in [-0.3, -0.25) is 0 Å². The van der Waals surface area contributed by atoms with Gasteiger partial charge in [0, 0.05) is 5.56 Å². The van der Waals surface area contributed by atoms with Crippen molar-refractivity contribution in [1.29, 1.82) is 0 Å². The van der Waals surface area contributed by atoms with Crippen molar-refractivity contribution in [2.24, 2.45) is 0 Å². The molecule has 0 heterocycles. The molecule has 0 aliphatic rings. The third kappa shape index (κ3) is 5.41. The lowest BCUT2D eigenvalue weighted by Gasteiger charge is -2.36. The molecule has 2 rings (SSSR count). The van der Waals surface area contributed by atoms with Gasteiger partial charge in [0.25, 0.3) is 0 Å². The molecule has 0 aliphatic carbocycles. The van der Waals surface area contributed by atoms with E-state index < -0.39 is 17.7 Å². The Balaban J connectivity index is 2.33. The van der Waals surface area contributed by atoms with Crippen LogP contribution in [0.2, 0.25) is 0 Å². The average Bonchev–Trinajstić information content (AvgIpc) is 2.60. The highest BCUT2D eigenvalue weighted by Crippen LogP contribution is 2.34. The molecule has 148 valence electrons. The van der Waals surface area contributed by atoms with Crippen LogP contribution in [-0.4, -0.2) is 22.7 Å². The van der Waals surface area contributed by atoms with Gasteiger partial charge in [0.15, 0.2) is 10.5 Å². The predicted molar refractivity (Wildman–Crippen MR) is 102 cm³/mol. The lowest BCUT2D eigenvalue weighted by atomic mass is 10.0. The molecule has 0 unspecified atom stereocenters. The van der Waals surface area contributed by atoms with Crippen molar-refractivity contribution in [2.45, 2.75) is 52.1 Å². The number of halogens is 3. The summed E-state index contributed by atoms with van der Waals surface area (Å²) in [6, 6.07) is 12.4. The Labute approximate surface area is 161 Å². The van der Waals surface area contributed by atoms with Gasteiger partial charge in [-0.15, -0.1) is 0 Å². The fourth-order valence-corrected chi connectivity index (χ4v) is 3.15. The summed E-state index contributed by atoms with van der Waals surface area (Å²) in [5.41, 5.74) is 1.53. The summed E-state index contributed by atoms with van der Waals surface area (Å²) in [5.74, 6) is -1.28. The second-order valence-corrected chi connectivity index (χ2v) is 7.15. The molecule has 0 N–H and O–H groups in total. The first-order chi connectivity index (χ1) is 12.6. The standard InChI is InChI=1S/C20H25F3O3Si/c1-13(2)24-20(26-27,25-14(3)4)18-11-7-16(8-12-18)15-5-9-17(10-6-15)19(21,22)23/h5-14H,1-4,27H3. The van der Waals surface area contributed by atoms with Crippen molar-refractivity contribution in [3.05, 3.63) is 59.7 Å². The molecule has 0 saturated heterocycles. The van der Waals surface area contributed by atoms with Gasteiger partial charge in [0.05, 0.1) is 17.8 Å².